The van der Waals surface area contributed by atoms with Gasteiger partial charge < -0.3 is 9.30 Å². The van der Waals surface area contributed by atoms with Crippen molar-refractivity contribution in [2.45, 2.75) is 34.3 Å². The molecule has 0 N–H and O–H groups in total. The Morgan fingerprint density at radius 2 is 1.93 bits per heavy atom. The van der Waals surface area contributed by atoms with Crippen LogP contribution in [0, 0.1) is 20.8 Å². The fourth-order valence-corrected chi connectivity index (χ4v) is 3.75. The van der Waals surface area contributed by atoms with Gasteiger partial charge in [0.2, 0.25) is 5.91 Å². The van der Waals surface area contributed by atoms with Gasteiger partial charge in [-0.3, -0.25) is 9.69 Å². The zero-order valence-electron chi connectivity index (χ0n) is 16.6. The minimum atomic E-state index is -0.400. The number of esters is 1. The fourth-order valence-electron chi connectivity index (χ4n) is 2.88. The zero-order valence-corrected chi connectivity index (χ0v) is 17.5. The summed E-state index contributed by atoms with van der Waals surface area (Å²) in [5, 5.41) is 2.36. The lowest BCUT2D eigenvalue weighted by atomic mass is 10.1. The summed E-state index contributed by atoms with van der Waals surface area (Å²) in [6.07, 6.45) is 0. The van der Waals surface area contributed by atoms with Gasteiger partial charge in [0.15, 0.2) is 5.13 Å². The van der Waals surface area contributed by atoms with E-state index in [0.717, 1.165) is 22.5 Å². The second kappa shape index (κ2) is 7.98. The fraction of sp³-hybridized carbons (Fsp3) is 0.286. The van der Waals surface area contributed by atoms with Crippen molar-refractivity contribution in [2.24, 2.45) is 7.05 Å². The van der Waals surface area contributed by atoms with Gasteiger partial charge in [-0.25, -0.2) is 9.78 Å². The van der Waals surface area contributed by atoms with E-state index in [1.54, 1.807) is 20.9 Å². The summed E-state index contributed by atoms with van der Waals surface area (Å²) in [6, 6.07) is 9.44. The van der Waals surface area contributed by atoms with E-state index < -0.39 is 5.97 Å². The van der Waals surface area contributed by atoms with E-state index in [0.29, 0.717) is 16.5 Å². The molecule has 0 radical (unpaired) electrons. The number of ether oxygens (including phenoxy) is 1. The number of carbonyl (C=O) groups excluding carboxylic acids is 2. The van der Waals surface area contributed by atoms with Crippen LogP contribution in [-0.2, 0) is 23.2 Å². The number of hydrogen-bond donors (Lipinski definition) is 0. The van der Waals surface area contributed by atoms with Crippen molar-refractivity contribution < 1.29 is 14.3 Å². The molecule has 0 saturated heterocycles. The molecular weight excluding hydrogens is 374 g/mol. The number of aromatic nitrogens is 2. The average molecular weight is 398 g/mol. The van der Waals surface area contributed by atoms with Crippen LogP contribution in [0.15, 0.2) is 35.7 Å². The molecule has 3 rings (SSSR count). The number of rotatable bonds is 5. The van der Waals surface area contributed by atoms with Gasteiger partial charge in [-0.2, -0.15) is 0 Å². The summed E-state index contributed by atoms with van der Waals surface area (Å²) in [5.74, 6) is -0.519. The summed E-state index contributed by atoms with van der Waals surface area (Å²) < 4.78 is 7.18. The monoisotopic (exact) mass is 397 g/mol. The molecule has 0 aliphatic rings. The average Bonchev–Trinajstić information content (AvgIpc) is 3.24. The number of amides is 1. The first kappa shape index (κ1) is 19.8. The van der Waals surface area contributed by atoms with E-state index in [2.05, 4.69) is 4.98 Å². The maximum atomic E-state index is 12.3. The van der Waals surface area contributed by atoms with Gasteiger partial charge in [0.05, 0.1) is 11.4 Å². The number of nitrogens with zero attached hydrogens (tertiary/aromatic N) is 3. The molecule has 146 valence electrons. The molecular formula is C21H23N3O3S. The molecule has 7 heteroatoms. The lowest BCUT2D eigenvalue weighted by molar-refractivity contribution is -0.115. The molecule has 1 amide bonds. The number of thiazole rings is 1. The standard InChI is InChI=1S/C21H23N3O3S/c1-13-7-6-8-18(15(13)3)24(16(4)25)21-22-17(12-28-21)11-27-20(26)19-10-9-14(2)23(19)5/h6-10,12H,11H2,1-5H3. The van der Waals surface area contributed by atoms with Gasteiger partial charge in [-0.1, -0.05) is 12.1 Å². The van der Waals surface area contributed by atoms with Crippen LogP contribution in [0.5, 0.6) is 0 Å². The second-order valence-corrected chi connectivity index (χ2v) is 7.53. The smallest absolute Gasteiger partial charge is 0.355 e. The molecule has 2 aromatic heterocycles. The number of hydrogen-bond acceptors (Lipinski definition) is 5. The highest BCUT2D eigenvalue weighted by Crippen LogP contribution is 2.32. The second-order valence-electron chi connectivity index (χ2n) is 6.69. The maximum Gasteiger partial charge on any atom is 0.355 e. The highest BCUT2D eigenvalue weighted by Gasteiger charge is 2.21. The molecule has 0 atom stereocenters. The van der Waals surface area contributed by atoms with Gasteiger partial charge in [0, 0.05) is 25.0 Å². The number of carbonyl (C=O) groups is 2. The van der Waals surface area contributed by atoms with Gasteiger partial charge >= 0.3 is 5.97 Å². The Labute approximate surface area is 168 Å². The molecule has 0 fully saturated rings. The van der Waals surface area contributed by atoms with Gasteiger partial charge in [0.25, 0.3) is 0 Å². The third kappa shape index (κ3) is 3.84. The molecule has 0 unspecified atom stereocenters. The van der Waals surface area contributed by atoms with E-state index in [1.807, 2.05) is 52.1 Å². The molecule has 0 saturated carbocycles. The normalized spacial score (nSPS) is 10.8. The van der Waals surface area contributed by atoms with Crippen molar-refractivity contribution in [3.05, 3.63) is 63.9 Å². The summed E-state index contributed by atoms with van der Waals surface area (Å²) in [7, 11) is 1.82. The quantitative estimate of drug-likeness (QED) is 0.597. The van der Waals surface area contributed by atoms with E-state index in [1.165, 1.54) is 18.3 Å². The highest BCUT2D eigenvalue weighted by molar-refractivity contribution is 7.14. The summed E-state index contributed by atoms with van der Waals surface area (Å²) in [5.41, 5.74) is 5.02. The van der Waals surface area contributed by atoms with Crippen LogP contribution in [0.3, 0.4) is 0 Å². The highest BCUT2D eigenvalue weighted by atomic mass is 32.1. The Morgan fingerprint density at radius 3 is 2.57 bits per heavy atom. The van der Waals surface area contributed by atoms with Crippen LogP contribution in [0.1, 0.15) is 39.9 Å². The van der Waals surface area contributed by atoms with Crippen LogP contribution in [0.25, 0.3) is 0 Å². The van der Waals surface area contributed by atoms with Crippen LogP contribution in [0.2, 0.25) is 0 Å². The zero-order chi connectivity index (χ0) is 20.4. The van der Waals surface area contributed by atoms with Gasteiger partial charge in [-0.15, -0.1) is 11.3 Å². The van der Waals surface area contributed by atoms with Crippen molar-refractivity contribution >= 4 is 34.0 Å². The first-order valence-corrected chi connectivity index (χ1v) is 9.78. The molecule has 0 spiro atoms. The molecule has 0 aliphatic carbocycles. The molecule has 2 heterocycles. The van der Waals surface area contributed by atoms with Gasteiger partial charge in [-0.05, 0) is 50.1 Å². The SMILES string of the molecule is CC(=O)N(c1nc(COC(=O)c2ccc(C)n2C)cs1)c1cccc(C)c1C. The van der Waals surface area contributed by atoms with Crippen LogP contribution < -0.4 is 4.90 Å². The molecule has 0 bridgehead atoms. The minimum absolute atomic E-state index is 0.0537. The summed E-state index contributed by atoms with van der Waals surface area (Å²) in [6.45, 7) is 7.49. The van der Waals surface area contributed by atoms with Crippen molar-refractivity contribution in [3.63, 3.8) is 0 Å². The van der Waals surface area contributed by atoms with E-state index in [-0.39, 0.29) is 12.5 Å². The molecule has 0 aliphatic heterocycles. The number of benzene rings is 1. The lowest BCUT2D eigenvalue weighted by Gasteiger charge is -2.21. The third-order valence-electron chi connectivity index (χ3n) is 4.80. The molecule has 6 nitrogen and oxygen atoms in total. The van der Waals surface area contributed by atoms with Gasteiger partial charge in [0.1, 0.15) is 12.3 Å². The minimum Gasteiger partial charge on any atom is -0.454 e. The number of aryl methyl sites for hydroxylation is 2. The van der Waals surface area contributed by atoms with E-state index >= 15 is 0 Å². The van der Waals surface area contributed by atoms with Crippen molar-refractivity contribution in [1.82, 2.24) is 9.55 Å². The predicted octanol–water partition coefficient (Wildman–Crippen LogP) is 4.45. The Morgan fingerprint density at radius 1 is 1.18 bits per heavy atom. The predicted molar refractivity (Wildman–Crippen MR) is 110 cm³/mol. The lowest BCUT2D eigenvalue weighted by Crippen LogP contribution is -2.23. The summed E-state index contributed by atoms with van der Waals surface area (Å²) in [4.78, 5) is 30.7. The molecule has 3 aromatic rings. The summed E-state index contributed by atoms with van der Waals surface area (Å²) >= 11 is 1.35. The van der Waals surface area contributed by atoms with Crippen LogP contribution in [0.4, 0.5) is 10.8 Å². The largest absolute Gasteiger partial charge is 0.454 e. The molecule has 28 heavy (non-hydrogen) atoms. The maximum absolute atomic E-state index is 12.3. The first-order chi connectivity index (χ1) is 13.3. The van der Waals surface area contributed by atoms with E-state index in [9.17, 15) is 9.59 Å². The Balaban J connectivity index is 1.78. The van der Waals surface area contributed by atoms with Crippen molar-refractivity contribution in [2.75, 3.05) is 4.90 Å². The topological polar surface area (TPSA) is 64.4 Å². The Hall–Kier alpha value is -2.93. The van der Waals surface area contributed by atoms with Crippen LogP contribution >= 0.6 is 11.3 Å². The first-order valence-electron chi connectivity index (χ1n) is 8.90. The Kier molecular flexibility index (Phi) is 5.65. The van der Waals surface area contributed by atoms with Crippen molar-refractivity contribution in [3.8, 4) is 0 Å². The third-order valence-corrected chi connectivity index (χ3v) is 5.67. The number of anilines is 2. The van der Waals surface area contributed by atoms with Crippen LogP contribution in [-0.4, -0.2) is 21.4 Å². The Bertz CT molecular complexity index is 1040. The van der Waals surface area contributed by atoms with Crippen molar-refractivity contribution in [1.29, 1.82) is 0 Å². The van der Waals surface area contributed by atoms with E-state index in [4.69, 9.17) is 4.74 Å². The molecule has 1 aromatic carbocycles.